The Hall–Kier alpha value is -1.01. The summed E-state index contributed by atoms with van der Waals surface area (Å²) in [7, 11) is 0. The fraction of sp³-hybridized carbons (Fsp3) is 0.786. The van der Waals surface area contributed by atoms with Crippen molar-refractivity contribution in [1.29, 1.82) is 0 Å². The number of amides is 1. The molecule has 0 bridgehead atoms. The molecule has 1 amide bonds. The van der Waals surface area contributed by atoms with Gasteiger partial charge in [0.1, 0.15) is 4.88 Å². The first-order chi connectivity index (χ1) is 9.83. The second kappa shape index (κ2) is 6.63. The van der Waals surface area contributed by atoms with E-state index in [1.54, 1.807) is 6.20 Å². The number of nitrogens with zero attached hydrogens (tertiary/aromatic N) is 4. The summed E-state index contributed by atoms with van der Waals surface area (Å²) in [5, 5.41) is 3.74. The van der Waals surface area contributed by atoms with Crippen LogP contribution in [0.1, 0.15) is 41.8 Å². The third-order valence-corrected chi connectivity index (χ3v) is 5.13. The van der Waals surface area contributed by atoms with Crippen LogP contribution in [0.4, 0.5) is 0 Å². The van der Waals surface area contributed by atoms with E-state index in [4.69, 9.17) is 0 Å². The smallest absolute Gasteiger partial charge is 0.267 e. The first-order valence-corrected chi connectivity index (χ1v) is 8.39. The average molecular weight is 294 g/mol. The van der Waals surface area contributed by atoms with Crippen molar-refractivity contribution in [3.63, 3.8) is 0 Å². The second-order valence-corrected chi connectivity index (χ2v) is 6.66. The molecule has 0 spiro atoms. The number of hydrogen-bond donors (Lipinski definition) is 0. The van der Waals surface area contributed by atoms with Gasteiger partial charge in [0.25, 0.3) is 5.91 Å². The van der Waals surface area contributed by atoms with Gasteiger partial charge in [0.05, 0.1) is 6.20 Å². The Morgan fingerprint density at radius 1 is 1.20 bits per heavy atom. The Bertz CT molecular complexity index is 422. The third kappa shape index (κ3) is 3.35. The highest BCUT2D eigenvalue weighted by Crippen LogP contribution is 2.24. The van der Waals surface area contributed by atoms with Crippen molar-refractivity contribution in [3.8, 4) is 0 Å². The molecule has 20 heavy (non-hydrogen) atoms. The van der Waals surface area contributed by atoms with Crippen molar-refractivity contribution >= 4 is 17.4 Å². The average Bonchev–Trinajstić information content (AvgIpc) is 3.03. The molecule has 5 nitrogen and oxygen atoms in total. The highest BCUT2D eigenvalue weighted by Gasteiger charge is 2.25. The van der Waals surface area contributed by atoms with E-state index in [2.05, 4.69) is 14.5 Å². The molecule has 6 heteroatoms. The molecule has 1 saturated heterocycles. The zero-order valence-electron chi connectivity index (χ0n) is 11.8. The molecule has 2 aliphatic rings. The van der Waals surface area contributed by atoms with Crippen LogP contribution in [-0.2, 0) is 0 Å². The minimum Gasteiger partial charge on any atom is -0.335 e. The van der Waals surface area contributed by atoms with Crippen LogP contribution in [0.2, 0.25) is 0 Å². The Kier molecular flexibility index (Phi) is 4.62. The lowest BCUT2D eigenvalue weighted by Gasteiger charge is -2.37. The number of aromatic nitrogens is 2. The van der Waals surface area contributed by atoms with Crippen molar-refractivity contribution < 1.29 is 4.79 Å². The number of carbonyl (C=O) groups excluding carboxylic acids is 1. The van der Waals surface area contributed by atoms with Gasteiger partial charge in [-0.15, -0.1) is 5.10 Å². The summed E-state index contributed by atoms with van der Waals surface area (Å²) < 4.78 is 3.76. The van der Waals surface area contributed by atoms with E-state index >= 15 is 0 Å². The van der Waals surface area contributed by atoms with E-state index in [1.165, 1.54) is 50.2 Å². The van der Waals surface area contributed by atoms with Gasteiger partial charge >= 0.3 is 0 Å². The van der Waals surface area contributed by atoms with Gasteiger partial charge in [-0.1, -0.05) is 23.8 Å². The van der Waals surface area contributed by atoms with Gasteiger partial charge in [0.2, 0.25) is 0 Å². The van der Waals surface area contributed by atoms with Crippen LogP contribution < -0.4 is 0 Å². The molecule has 1 aliphatic carbocycles. The summed E-state index contributed by atoms with van der Waals surface area (Å²) in [6.07, 6.45) is 8.59. The molecular formula is C14H22N4OS. The number of carbonyl (C=O) groups is 1. The van der Waals surface area contributed by atoms with Gasteiger partial charge in [-0.2, -0.15) is 0 Å². The van der Waals surface area contributed by atoms with Gasteiger partial charge < -0.3 is 4.90 Å². The summed E-state index contributed by atoms with van der Waals surface area (Å²) in [4.78, 5) is 17.3. The summed E-state index contributed by atoms with van der Waals surface area (Å²) >= 11 is 1.19. The first kappa shape index (κ1) is 13.9. The van der Waals surface area contributed by atoms with Crippen LogP contribution in [0.3, 0.4) is 0 Å². The molecule has 3 rings (SSSR count). The lowest BCUT2D eigenvalue weighted by Crippen LogP contribution is -2.49. The largest absolute Gasteiger partial charge is 0.335 e. The van der Waals surface area contributed by atoms with Crippen LogP contribution in [-0.4, -0.2) is 58.0 Å². The first-order valence-electron chi connectivity index (χ1n) is 7.62. The molecule has 110 valence electrons. The Balaban J connectivity index is 1.45. The van der Waals surface area contributed by atoms with Crippen LogP contribution in [0, 0.1) is 5.92 Å². The number of rotatable bonds is 3. The summed E-state index contributed by atoms with van der Waals surface area (Å²) in [5.41, 5.74) is 0. The highest BCUT2D eigenvalue weighted by molar-refractivity contribution is 7.07. The second-order valence-electron chi connectivity index (χ2n) is 5.88. The minimum atomic E-state index is 0.0947. The maximum Gasteiger partial charge on any atom is 0.267 e. The van der Waals surface area contributed by atoms with Crippen LogP contribution in [0.25, 0.3) is 0 Å². The zero-order chi connectivity index (χ0) is 13.8. The quantitative estimate of drug-likeness (QED) is 0.854. The van der Waals surface area contributed by atoms with Crippen molar-refractivity contribution in [2.24, 2.45) is 5.92 Å². The number of piperazine rings is 1. The van der Waals surface area contributed by atoms with E-state index in [0.29, 0.717) is 4.88 Å². The molecule has 0 atom stereocenters. The molecule has 1 aromatic heterocycles. The molecule has 0 N–H and O–H groups in total. The van der Waals surface area contributed by atoms with Crippen LogP contribution >= 0.6 is 11.5 Å². The van der Waals surface area contributed by atoms with Crippen molar-refractivity contribution in [1.82, 2.24) is 19.4 Å². The molecule has 0 radical (unpaired) electrons. The molecule has 1 aliphatic heterocycles. The molecule has 1 saturated carbocycles. The van der Waals surface area contributed by atoms with Gasteiger partial charge in [0.15, 0.2) is 0 Å². The normalized spacial score (nSPS) is 22.1. The van der Waals surface area contributed by atoms with Crippen molar-refractivity contribution in [3.05, 3.63) is 11.1 Å². The van der Waals surface area contributed by atoms with Gasteiger partial charge in [0, 0.05) is 32.7 Å². The monoisotopic (exact) mass is 294 g/mol. The lowest BCUT2D eigenvalue weighted by molar-refractivity contribution is 0.0610. The zero-order valence-corrected chi connectivity index (χ0v) is 12.6. The fourth-order valence-electron chi connectivity index (χ4n) is 3.29. The SMILES string of the molecule is O=C(c1cnns1)N1CCN(CC2CCCCC2)CC1. The lowest BCUT2D eigenvalue weighted by atomic mass is 9.89. The topological polar surface area (TPSA) is 49.3 Å². The summed E-state index contributed by atoms with van der Waals surface area (Å²) in [6.45, 7) is 4.92. The van der Waals surface area contributed by atoms with E-state index < -0.39 is 0 Å². The summed E-state index contributed by atoms with van der Waals surface area (Å²) in [6, 6.07) is 0. The van der Waals surface area contributed by atoms with Gasteiger partial charge in [-0.05, 0) is 30.3 Å². The van der Waals surface area contributed by atoms with E-state index in [1.807, 2.05) is 4.90 Å². The molecule has 2 heterocycles. The van der Waals surface area contributed by atoms with E-state index in [9.17, 15) is 4.79 Å². The Labute approximate surface area is 124 Å². The summed E-state index contributed by atoms with van der Waals surface area (Å²) in [5.74, 6) is 0.981. The van der Waals surface area contributed by atoms with Crippen LogP contribution in [0.15, 0.2) is 6.20 Å². The van der Waals surface area contributed by atoms with E-state index in [0.717, 1.165) is 32.1 Å². The molecule has 2 fully saturated rings. The maximum atomic E-state index is 12.2. The molecular weight excluding hydrogens is 272 g/mol. The third-order valence-electron chi connectivity index (χ3n) is 4.47. The minimum absolute atomic E-state index is 0.0947. The highest BCUT2D eigenvalue weighted by atomic mass is 32.1. The Morgan fingerprint density at radius 2 is 1.95 bits per heavy atom. The van der Waals surface area contributed by atoms with Gasteiger partial charge in [-0.3, -0.25) is 9.69 Å². The predicted octanol–water partition coefficient (Wildman–Crippen LogP) is 1.88. The molecule has 0 aromatic carbocycles. The Morgan fingerprint density at radius 3 is 2.60 bits per heavy atom. The predicted molar refractivity (Wildman–Crippen MR) is 78.8 cm³/mol. The fourth-order valence-corrected chi connectivity index (χ4v) is 3.77. The molecule has 0 unspecified atom stereocenters. The van der Waals surface area contributed by atoms with Crippen molar-refractivity contribution in [2.45, 2.75) is 32.1 Å². The molecule has 1 aromatic rings. The maximum absolute atomic E-state index is 12.2. The van der Waals surface area contributed by atoms with Crippen LogP contribution in [0.5, 0.6) is 0 Å². The standard InChI is InChI=1S/C14H22N4OS/c19-14(13-10-15-16-20-13)18-8-6-17(7-9-18)11-12-4-2-1-3-5-12/h10,12H,1-9,11H2. The van der Waals surface area contributed by atoms with Gasteiger partial charge in [-0.25, -0.2) is 0 Å². The van der Waals surface area contributed by atoms with Crippen molar-refractivity contribution in [2.75, 3.05) is 32.7 Å². The van der Waals surface area contributed by atoms with E-state index in [-0.39, 0.29) is 5.91 Å². The number of hydrogen-bond acceptors (Lipinski definition) is 5.